The van der Waals surface area contributed by atoms with Gasteiger partial charge in [-0.25, -0.2) is 0 Å². The number of nitrogens with one attached hydrogen (secondary N) is 1. The summed E-state index contributed by atoms with van der Waals surface area (Å²) in [4.78, 5) is 0. The Bertz CT molecular complexity index is 548. The van der Waals surface area contributed by atoms with E-state index in [9.17, 15) is 0 Å². The number of aryl methyl sites for hydroxylation is 2. The van der Waals surface area contributed by atoms with Gasteiger partial charge in [0.05, 0.1) is 12.8 Å². The summed E-state index contributed by atoms with van der Waals surface area (Å²) in [6.07, 6.45) is 3.00. The minimum atomic E-state index is 0.265. The lowest BCUT2D eigenvalue weighted by molar-refractivity contribution is 0.414. The number of ether oxygens (including phenoxy) is 1. The minimum Gasteiger partial charge on any atom is -0.497 e. The fourth-order valence-electron chi connectivity index (χ4n) is 2.36. The zero-order valence-electron chi connectivity index (χ0n) is 12.0. The van der Waals surface area contributed by atoms with Gasteiger partial charge < -0.3 is 10.1 Å². The van der Waals surface area contributed by atoms with Crippen molar-refractivity contribution in [1.29, 1.82) is 0 Å². The zero-order valence-corrected chi connectivity index (χ0v) is 12.0. The monoisotopic (exact) mass is 259 g/mol. The molecule has 0 aliphatic rings. The second kappa shape index (κ2) is 5.89. The number of hydrogen-bond donors (Lipinski definition) is 1. The molecule has 19 heavy (non-hydrogen) atoms. The second-order valence-electron chi connectivity index (χ2n) is 4.74. The first-order chi connectivity index (χ1) is 9.13. The van der Waals surface area contributed by atoms with Gasteiger partial charge in [-0.1, -0.05) is 12.1 Å². The van der Waals surface area contributed by atoms with Gasteiger partial charge in [0.2, 0.25) is 0 Å². The molecule has 102 valence electrons. The van der Waals surface area contributed by atoms with Gasteiger partial charge >= 0.3 is 0 Å². The van der Waals surface area contributed by atoms with Crippen molar-refractivity contribution in [3.8, 4) is 5.75 Å². The molecule has 0 radical (unpaired) electrons. The van der Waals surface area contributed by atoms with Gasteiger partial charge in [0.1, 0.15) is 5.75 Å². The lowest BCUT2D eigenvalue weighted by atomic mass is 9.99. The van der Waals surface area contributed by atoms with E-state index in [-0.39, 0.29) is 6.04 Å². The molecule has 0 bridgehead atoms. The molecule has 2 rings (SSSR count). The molecule has 1 aromatic heterocycles. The fourth-order valence-corrected chi connectivity index (χ4v) is 2.36. The van der Waals surface area contributed by atoms with Crippen molar-refractivity contribution in [2.75, 3.05) is 14.2 Å². The maximum atomic E-state index is 5.27. The van der Waals surface area contributed by atoms with Gasteiger partial charge in [0.15, 0.2) is 0 Å². The third-order valence-corrected chi connectivity index (χ3v) is 3.35. The Morgan fingerprint density at radius 3 is 2.79 bits per heavy atom. The summed E-state index contributed by atoms with van der Waals surface area (Å²) in [7, 11) is 5.63. The Labute approximate surface area is 114 Å². The molecule has 4 nitrogen and oxygen atoms in total. The van der Waals surface area contributed by atoms with Crippen LogP contribution < -0.4 is 10.1 Å². The molecule has 0 fully saturated rings. The van der Waals surface area contributed by atoms with Gasteiger partial charge in [-0.2, -0.15) is 5.10 Å². The number of methoxy groups -OCH3 is 1. The maximum absolute atomic E-state index is 5.27. The number of likely N-dealkylation sites (N-methyl/N-ethyl adjacent to an activating group) is 1. The first-order valence-corrected chi connectivity index (χ1v) is 6.44. The van der Waals surface area contributed by atoms with Crippen molar-refractivity contribution >= 4 is 0 Å². The van der Waals surface area contributed by atoms with Crippen LogP contribution in [0.15, 0.2) is 30.5 Å². The summed E-state index contributed by atoms with van der Waals surface area (Å²) in [5.74, 6) is 0.898. The summed E-state index contributed by atoms with van der Waals surface area (Å²) in [6, 6.07) is 8.46. The average Bonchev–Trinajstić information content (AvgIpc) is 2.75. The lowest BCUT2D eigenvalue weighted by Gasteiger charge is -2.16. The molecule has 0 spiro atoms. The van der Waals surface area contributed by atoms with E-state index in [0.29, 0.717) is 0 Å². The molecule has 2 aromatic rings. The van der Waals surface area contributed by atoms with Crippen LogP contribution in [0.25, 0.3) is 0 Å². The van der Waals surface area contributed by atoms with E-state index in [1.807, 2.05) is 37.8 Å². The lowest BCUT2D eigenvalue weighted by Crippen LogP contribution is -2.19. The van der Waals surface area contributed by atoms with Crippen molar-refractivity contribution in [3.05, 3.63) is 47.3 Å². The van der Waals surface area contributed by atoms with E-state index in [4.69, 9.17) is 4.74 Å². The van der Waals surface area contributed by atoms with E-state index in [1.165, 1.54) is 11.1 Å². The van der Waals surface area contributed by atoms with E-state index in [0.717, 1.165) is 17.9 Å². The standard InChI is InChI=1S/C15H21N3O/c1-11-14(10-18(3)17-11)15(16-2)9-12-6-5-7-13(8-12)19-4/h5-8,10,15-16H,9H2,1-4H3. The van der Waals surface area contributed by atoms with Gasteiger partial charge in [-0.05, 0) is 38.1 Å². The smallest absolute Gasteiger partial charge is 0.119 e. The highest BCUT2D eigenvalue weighted by Gasteiger charge is 2.15. The van der Waals surface area contributed by atoms with E-state index < -0.39 is 0 Å². The van der Waals surface area contributed by atoms with Crippen LogP contribution in [-0.4, -0.2) is 23.9 Å². The van der Waals surface area contributed by atoms with Crippen molar-refractivity contribution in [1.82, 2.24) is 15.1 Å². The molecule has 1 heterocycles. The third-order valence-electron chi connectivity index (χ3n) is 3.35. The highest BCUT2D eigenvalue weighted by molar-refractivity contribution is 5.31. The number of rotatable bonds is 5. The largest absolute Gasteiger partial charge is 0.497 e. The molecule has 1 N–H and O–H groups in total. The molecule has 0 amide bonds. The second-order valence-corrected chi connectivity index (χ2v) is 4.74. The van der Waals surface area contributed by atoms with E-state index in [1.54, 1.807) is 7.11 Å². The molecular formula is C15H21N3O. The van der Waals surface area contributed by atoms with Crippen molar-refractivity contribution in [3.63, 3.8) is 0 Å². The Kier molecular flexibility index (Phi) is 4.22. The number of aromatic nitrogens is 2. The molecule has 0 aliphatic heterocycles. The molecule has 1 unspecified atom stereocenters. The summed E-state index contributed by atoms with van der Waals surface area (Å²) in [5, 5.41) is 7.77. The first-order valence-electron chi connectivity index (χ1n) is 6.44. The van der Waals surface area contributed by atoms with Crippen molar-refractivity contribution < 1.29 is 4.74 Å². The van der Waals surface area contributed by atoms with Gasteiger partial charge in [0, 0.05) is 24.8 Å². The van der Waals surface area contributed by atoms with Crippen LogP contribution in [0.3, 0.4) is 0 Å². The van der Waals surface area contributed by atoms with Crippen LogP contribution in [-0.2, 0) is 13.5 Å². The van der Waals surface area contributed by atoms with Crippen LogP contribution in [0.5, 0.6) is 5.75 Å². The molecule has 0 saturated heterocycles. The van der Waals surface area contributed by atoms with Gasteiger partial charge in [-0.3, -0.25) is 4.68 Å². The maximum Gasteiger partial charge on any atom is 0.119 e. The topological polar surface area (TPSA) is 39.1 Å². The van der Waals surface area contributed by atoms with Gasteiger partial charge in [-0.15, -0.1) is 0 Å². The number of benzene rings is 1. The quantitative estimate of drug-likeness (QED) is 0.895. The Morgan fingerprint density at radius 1 is 1.42 bits per heavy atom. The number of nitrogens with zero attached hydrogens (tertiary/aromatic N) is 2. The highest BCUT2D eigenvalue weighted by Crippen LogP contribution is 2.22. The first kappa shape index (κ1) is 13.6. The molecule has 0 aliphatic carbocycles. The van der Waals surface area contributed by atoms with Crippen molar-refractivity contribution in [2.45, 2.75) is 19.4 Å². The molecule has 1 aromatic carbocycles. The zero-order chi connectivity index (χ0) is 13.8. The minimum absolute atomic E-state index is 0.265. The van der Waals surface area contributed by atoms with Crippen LogP contribution in [0.1, 0.15) is 22.9 Å². The molecule has 0 saturated carbocycles. The summed E-state index contributed by atoms with van der Waals surface area (Å²) < 4.78 is 7.13. The average molecular weight is 259 g/mol. The van der Waals surface area contributed by atoms with Crippen LogP contribution in [0, 0.1) is 6.92 Å². The normalized spacial score (nSPS) is 12.4. The van der Waals surface area contributed by atoms with E-state index >= 15 is 0 Å². The Hall–Kier alpha value is -1.81. The predicted molar refractivity (Wildman–Crippen MR) is 76.4 cm³/mol. The van der Waals surface area contributed by atoms with Crippen LogP contribution in [0.4, 0.5) is 0 Å². The van der Waals surface area contributed by atoms with Crippen LogP contribution in [0.2, 0.25) is 0 Å². The highest BCUT2D eigenvalue weighted by atomic mass is 16.5. The third kappa shape index (κ3) is 3.15. The summed E-state index contributed by atoms with van der Waals surface area (Å²) in [5.41, 5.74) is 3.57. The predicted octanol–water partition coefficient (Wildman–Crippen LogP) is 2.24. The Morgan fingerprint density at radius 2 is 2.21 bits per heavy atom. The molecular weight excluding hydrogens is 238 g/mol. The summed E-state index contributed by atoms with van der Waals surface area (Å²) in [6.45, 7) is 2.05. The number of hydrogen-bond acceptors (Lipinski definition) is 3. The Balaban J connectivity index is 2.21. The van der Waals surface area contributed by atoms with Gasteiger partial charge in [0.25, 0.3) is 0 Å². The summed E-state index contributed by atoms with van der Waals surface area (Å²) >= 11 is 0. The van der Waals surface area contributed by atoms with Crippen LogP contribution >= 0.6 is 0 Å². The molecule has 4 heteroatoms. The van der Waals surface area contributed by atoms with Crippen molar-refractivity contribution in [2.24, 2.45) is 7.05 Å². The fraction of sp³-hybridized carbons (Fsp3) is 0.400. The SMILES string of the molecule is CNC(Cc1cccc(OC)c1)c1cn(C)nc1C. The van der Waals surface area contributed by atoms with E-state index in [2.05, 4.69) is 28.7 Å². The molecule has 1 atom stereocenters.